The summed E-state index contributed by atoms with van der Waals surface area (Å²) in [6, 6.07) is 4.11. The number of nitrogens with one attached hydrogen (secondary N) is 1. The Hall–Kier alpha value is -1.36. The van der Waals surface area contributed by atoms with Crippen molar-refractivity contribution in [3.8, 4) is 0 Å². The molecule has 0 heterocycles. The Balaban J connectivity index is 2.10. The van der Waals surface area contributed by atoms with Crippen LogP contribution in [0.15, 0.2) is 12.1 Å². The third-order valence-corrected chi connectivity index (χ3v) is 7.03. The fourth-order valence-corrected chi connectivity index (χ4v) is 4.99. The van der Waals surface area contributed by atoms with Gasteiger partial charge in [-0.2, -0.15) is 0 Å². The Morgan fingerprint density at radius 2 is 1.67 bits per heavy atom. The summed E-state index contributed by atoms with van der Waals surface area (Å²) >= 11 is 0. The van der Waals surface area contributed by atoms with Crippen LogP contribution in [0.1, 0.15) is 61.3 Å². The Morgan fingerprint density at radius 3 is 2.21 bits per heavy atom. The lowest BCUT2D eigenvalue weighted by molar-refractivity contribution is -0.121. The fraction of sp³-hybridized carbons (Fsp3) is 0.632. The first kappa shape index (κ1) is 19.0. The van der Waals surface area contributed by atoms with Crippen LogP contribution in [0, 0.1) is 20.8 Å². The lowest BCUT2D eigenvalue weighted by Crippen LogP contribution is -2.44. The molecule has 2 rings (SSSR count). The number of carbonyl (C=O) groups is 1. The smallest absolute Gasteiger partial charge is 0.238 e. The van der Waals surface area contributed by atoms with Gasteiger partial charge in [0.1, 0.15) is 5.25 Å². The SMILES string of the molecule is Cc1cc(C)c(CS(=O)(=O)C(C)C(=O)NC2CCCCC2)c(C)c1. The van der Waals surface area contributed by atoms with E-state index in [0.717, 1.165) is 47.9 Å². The molecule has 24 heavy (non-hydrogen) atoms. The van der Waals surface area contributed by atoms with E-state index >= 15 is 0 Å². The molecule has 134 valence electrons. The lowest BCUT2D eigenvalue weighted by Gasteiger charge is -2.24. The summed E-state index contributed by atoms with van der Waals surface area (Å²) in [5, 5.41) is 1.92. The number of hydrogen-bond acceptors (Lipinski definition) is 3. The highest BCUT2D eigenvalue weighted by Gasteiger charge is 2.30. The summed E-state index contributed by atoms with van der Waals surface area (Å²) in [6.45, 7) is 7.36. The van der Waals surface area contributed by atoms with E-state index < -0.39 is 15.1 Å². The molecule has 4 nitrogen and oxygen atoms in total. The molecule has 0 aliphatic heterocycles. The van der Waals surface area contributed by atoms with E-state index in [1.807, 2.05) is 32.9 Å². The number of rotatable bonds is 5. The van der Waals surface area contributed by atoms with Gasteiger partial charge in [-0.05, 0) is 57.2 Å². The van der Waals surface area contributed by atoms with Gasteiger partial charge in [0, 0.05) is 6.04 Å². The predicted molar refractivity (Wildman–Crippen MR) is 97.8 cm³/mol. The summed E-state index contributed by atoms with van der Waals surface area (Å²) < 4.78 is 25.4. The van der Waals surface area contributed by atoms with E-state index in [-0.39, 0.29) is 17.7 Å². The van der Waals surface area contributed by atoms with E-state index in [0.29, 0.717) is 0 Å². The van der Waals surface area contributed by atoms with Gasteiger partial charge in [-0.3, -0.25) is 4.79 Å². The molecule has 1 aromatic carbocycles. The molecule has 1 aliphatic carbocycles. The van der Waals surface area contributed by atoms with Crippen LogP contribution in [0.3, 0.4) is 0 Å². The topological polar surface area (TPSA) is 63.2 Å². The van der Waals surface area contributed by atoms with Gasteiger partial charge in [0.2, 0.25) is 5.91 Å². The maximum absolute atomic E-state index is 12.7. The quantitative estimate of drug-likeness (QED) is 0.885. The van der Waals surface area contributed by atoms with Crippen molar-refractivity contribution in [2.24, 2.45) is 0 Å². The van der Waals surface area contributed by atoms with Crippen LogP contribution in [0.2, 0.25) is 0 Å². The molecule has 1 unspecified atom stereocenters. The van der Waals surface area contributed by atoms with Crippen molar-refractivity contribution in [1.82, 2.24) is 5.32 Å². The third kappa shape index (κ3) is 4.59. The Bertz CT molecular complexity index is 680. The minimum absolute atomic E-state index is 0.0792. The van der Waals surface area contributed by atoms with Crippen molar-refractivity contribution in [2.75, 3.05) is 0 Å². The number of benzene rings is 1. The van der Waals surface area contributed by atoms with E-state index in [1.165, 1.54) is 13.3 Å². The lowest BCUT2D eigenvalue weighted by atomic mass is 9.95. The summed E-state index contributed by atoms with van der Waals surface area (Å²) in [5.41, 5.74) is 3.87. The molecule has 0 aromatic heterocycles. The first-order valence-corrected chi connectivity index (χ1v) is 10.5. The van der Waals surface area contributed by atoms with Gasteiger partial charge in [0.25, 0.3) is 0 Å². The maximum atomic E-state index is 12.7. The van der Waals surface area contributed by atoms with Crippen molar-refractivity contribution >= 4 is 15.7 Å². The monoisotopic (exact) mass is 351 g/mol. The Kier molecular flexibility index (Phi) is 6.07. The molecule has 0 saturated heterocycles. The van der Waals surface area contributed by atoms with Crippen LogP contribution in [0.5, 0.6) is 0 Å². The zero-order valence-corrected chi connectivity index (χ0v) is 16.0. The maximum Gasteiger partial charge on any atom is 0.238 e. The normalized spacial score (nSPS) is 17.5. The molecule has 5 heteroatoms. The number of sulfone groups is 1. The van der Waals surface area contributed by atoms with Gasteiger partial charge in [-0.15, -0.1) is 0 Å². The van der Waals surface area contributed by atoms with Crippen molar-refractivity contribution in [2.45, 2.75) is 76.8 Å². The Morgan fingerprint density at radius 1 is 1.12 bits per heavy atom. The molecular weight excluding hydrogens is 322 g/mol. The second-order valence-corrected chi connectivity index (χ2v) is 9.49. The highest BCUT2D eigenvalue weighted by molar-refractivity contribution is 7.92. The number of hydrogen-bond donors (Lipinski definition) is 1. The highest BCUT2D eigenvalue weighted by atomic mass is 32.2. The molecule has 1 amide bonds. The van der Waals surface area contributed by atoms with Crippen LogP contribution in [-0.4, -0.2) is 25.6 Å². The summed E-state index contributed by atoms with van der Waals surface area (Å²) in [4.78, 5) is 12.4. The van der Waals surface area contributed by atoms with E-state index in [4.69, 9.17) is 0 Å². The van der Waals surface area contributed by atoms with Gasteiger partial charge in [0.15, 0.2) is 9.84 Å². The largest absolute Gasteiger partial charge is 0.352 e. The average Bonchev–Trinajstić information content (AvgIpc) is 2.51. The molecule has 1 atom stereocenters. The van der Waals surface area contributed by atoms with Crippen LogP contribution < -0.4 is 5.32 Å². The van der Waals surface area contributed by atoms with Crippen LogP contribution in [-0.2, 0) is 20.4 Å². The number of aryl methyl sites for hydroxylation is 3. The first-order valence-electron chi connectivity index (χ1n) is 8.79. The van der Waals surface area contributed by atoms with Crippen LogP contribution in [0.4, 0.5) is 0 Å². The molecule has 0 bridgehead atoms. The van der Waals surface area contributed by atoms with Gasteiger partial charge < -0.3 is 5.32 Å². The Labute approximate surface area is 146 Å². The molecule has 1 aliphatic rings. The zero-order chi connectivity index (χ0) is 17.9. The minimum Gasteiger partial charge on any atom is -0.352 e. The molecule has 1 saturated carbocycles. The van der Waals surface area contributed by atoms with E-state index in [2.05, 4.69) is 5.32 Å². The highest BCUT2D eigenvalue weighted by Crippen LogP contribution is 2.22. The van der Waals surface area contributed by atoms with Crippen molar-refractivity contribution in [3.63, 3.8) is 0 Å². The second kappa shape index (κ2) is 7.68. The van der Waals surface area contributed by atoms with E-state index in [1.54, 1.807) is 0 Å². The van der Waals surface area contributed by atoms with Crippen LogP contribution >= 0.6 is 0 Å². The average molecular weight is 352 g/mol. The standard InChI is InChI=1S/C19H29NO3S/c1-13-10-14(2)18(15(3)11-13)12-24(22,23)16(4)19(21)20-17-8-6-5-7-9-17/h10-11,16-17H,5-9,12H2,1-4H3,(H,20,21). The predicted octanol–water partition coefficient (Wildman–Crippen LogP) is 3.36. The van der Waals surface area contributed by atoms with Gasteiger partial charge in [-0.1, -0.05) is 37.0 Å². The number of amides is 1. The fourth-order valence-electron chi connectivity index (χ4n) is 3.49. The second-order valence-electron chi connectivity index (χ2n) is 7.17. The summed E-state index contributed by atoms with van der Waals surface area (Å²) in [7, 11) is -3.53. The number of carbonyl (C=O) groups excluding carboxylic acids is 1. The van der Waals surface area contributed by atoms with Gasteiger partial charge in [0.05, 0.1) is 5.75 Å². The molecular formula is C19H29NO3S. The summed E-state index contributed by atoms with van der Waals surface area (Å²) in [6.07, 6.45) is 5.32. The molecule has 1 N–H and O–H groups in total. The van der Waals surface area contributed by atoms with Gasteiger partial charge in [-0.25, -0.2) is 8.42 Å². The summed E-state index contributed by atoms with van der Waals surface area (Å²) in [5.74, 6) is -0.436. The third-order valence-electron chi connectivity index (χ3n) is 5.05. The van der Waals surface area contributed by atoms with Crippen molar-refractivity contribution < 1.29 is 13.2 Å². The molecule has 0 spiro atoms. The minimum atomic E-state index is -3.53. The van der Waals surface area contributed by atoms with Crippen molar-refractivity contribution in [3.05, 3.63) is 34.4 Å². The zero-order valence-electron chi connectivity index (χ0n) is 15.2. The van der Waals surface area contributed by atoms with Crippen LogP contribution in [0.25, 0.3) is 0 Å². The molecule has 1 fully saturated rings. The van der Waals surface area contributed by atoms with E-state index in [9.17, 15) is 13.2 Å². The van der Waals surface area contributed by atoms with Crippen molar-refractivity contribution in [1.29, 1.82) is 0 Å². The molecule has 0 radical (unpaired) electrons. The van der Waals surface area contributed by atoms with Gasteiger partial charge >= 0.3 is 0 Å². The molecule has 1 aromatic rings. The first-order chi connectivity index (χ1) is 11.2.